The van der Waals surface area contributed by atoms with Crippen LogP contribution in [-0.2, 0) is 24.2 Å². The average molecular weight is 354 g/mol. The van der Waals surface area contributed by atoms with Crippen molar-refractivity contribution in [2.45, 2.75) is 12.4 Å². The van der Waals surface area contributed by atoms with Crippen LogP contribution in [0.1, 0.15) is 5.69 Å². The summed E-state index contributed by atoms with van der Waals surface area (Å²) in [5, 5.41) is 0. The molecular formula is C10H9F3N4O5S. The van der Waals surface area contributed by atoms with Gasteiger partial charge in [0.05, 0.1) is 0 Å². The second kappa shape index (κ2) is 5.04. The summed E-state index contributed by atoms with van der Waals surface area (Å²) in [6.07, 6.45) is 0. The molecule has 0 unspecified atom stereocenters. The monoisotopic (exact) mass is 354 g/mol. The Morgan fingerprint density at radius 1 is 1.09 bits per heavy atom. The standard InChI is InChI=1S/C10H9F3N4O5S/c1-4-7(22-23(20,21)10(11,12)13)15-6-5(14-4)8(18)17(3)9(19)16(6)2/h1-3H3. The summed E-state index contributed by atoms with van der Waals surface area (Å²) in [5.74, 6) is -0.974. The van der Waals surface area contributed by atoms with E-state index >= 15 is 0 Å². The molecule has 0 N–H and O–H groups in total. The second-order valence-electron chi connectivity index (χ2n) is 4.48. The van der Waals surface area contributed by atoms with Crippen molar-refractivity contribution in [3.8, 4) is 5.88 Å². The average Bonchev–Trinajstić information content (AvgIpc) is 2.43. The zero-order valence-corrected chi connectivity index (χ0v) is 12.7. The maximum Gasteiger partial charge on any atom is 0.534 e. The Labute approximate surface area is 126 Å². The molecule has 2 rings (SSSR count). The Morgan fingerprint density at radius 2 is 1.65 bits per heavy atom. The fourth-order valence-corrected chi connectivity index (χ4v) is 2.12. The van der Waals surface area contributed by atoms with Gasteiger partial charge in [-0.05, 0) is 6.92 Å². The van der Waals surface area contributed by atoms with E-state index in [0.717, 1.165) is 16.1 Å². The summed E-state index contributed by atoms with van der Waals surface area (Å²) < 4.78 is 64.6. The van der Waals surface area contributed by atoms with Crippen LogP contribution in [0.15, 0.2) is 9.59 Å². The van der Waals surface area contributed by atoms with Crippen molar-refractivity contribution in [2.24, 2.45) is 14.1 Å². The predicted molar refractivity (Wildman–Crippen MR) is 70.4 cm³/mol. The summed E-state index contributed by atoms with van der Waals surface area (Å²) in [6, 6.07) is 0. The third kappa shape index (κ3) is 2.67. The molecule has 2 aromatic rings. The van der Waals surface area contributed by atoms with Crippen LogP contribution in [0.3, 0.4) is 0 Å². The normalized spacial score (nSPS) is 12.6. The van der Waals surface area contributed by atoms with E-state index in [2.05, 4.69) is 14.2 Å². The van der Waals surface area contributed by atoms with E-state index in [1.807, 2.05) is 0 Å². The van der Waals surface area contributed by atoms with E-state index in [0.29, 0.717) is 0 Å². The molecule has 0 saturated heterocycles. The molecule has 23 heavy (non-hydrogen) atoms. The van der Waals surface area contributed by atoms with Crippen LogP contribution in [-0.4, -0.2) is 33.0 Å². The molecule has 0 radical (unpaired) electrons. The first-order chi connectivity index (χ1) is 10.4. The van der Waals surface area contributed by atoms with Crippen LogP contribution in [0.25, 0.3) is 11.2 Å². The molecule has 13 heteroatoms. The lowest BCUT2D eigenvalue weighted by Crippen LogP contribution is -2.38. The molecule has 0 spiro atoms. The van der Waals surface area contributed by atoms with Gasteiger partial charge < -0.3 is 4.18 Å². The van der Waals surface area contributed by atoms with Crippen LogP contribution in [0.4, 0.5) is 13.2 Å². The molecule has 0 aliphatic carbocycles. The number of fused-ring (bicyclic) bond motifs is 1. The highest BCUT2D eigenvalue weighted by Crippen LogP contribution is 2.27. The van der Waals surface area contributed by atoms with Crippen LogP contribution >= 0.6 is 0 Å². The van der Waals surface area contributed by atoms with Crippen LogP contribution < -0.4 is 15.4 Å². The largest absolute Gasteiger partial charge is 0.534 e. The topological polar surface area (TPSA) is 113 Å². The van der Waals surface area contributed by atoms with E-state index in [1.54, 1.807) is 0 Å². The predicted octanol–water partition coefficient (Wildman–Crippen LogP) is -0.436. The van der Waals surface area contributed by atoms with Gasteiger partial charge >= 0.3 is 21.3 Å². The van der Waals surface area contributed by atoms with E-state index < -0.39 is 38.4 Å². The number of rotatable bonds is 2. The summed E-state index contributed by atoms with van der Waals surface area (Å²) >= 11 is 0. The van der Waals surface area contributed by atoms with Gasteiger partial charge in [0.25, 0.3) is 11.4 Å². The van der Waals surface area contributed by atoms with Gasteiger partial charge in [-0.2, -0.15) is 26.6 Å². The minimum absolute atomic E-state index is 0.316. The third-order valence-electron chi connectivity index (χ3n) is 2.88. The molecule has 126 valence electrons. The van der Waals surface area contributed by atoms with E-state index in [4.69, 9.17) is 0 Å². The van der Waals surface area contributed by atoms with Crippen molar-refractivity contribution in [1.29, 1.82) is 0 Å². The van der Waals surface area contributed by atoms with Gasteiger partial charge in [-0.25, -0.2) is 9.78 Å². The maximum absolute atomic E-state index is 12.4. The van der Waals surface area contributed by atoms with Gasteiger partial charge in [-0.15, -0.1) is 0 Å². The van der Waals surface area contributed by atoms with Crippen LogP contribution in [0.2, 0.25) is 0 Å². The second-order valence-corrected chi connectivity index (χ2v) is 6.01. The fraction of sp³-hybridized carbons (Fsp3) is 0.400. The molecule has 0 fully saturated rings. The maximum atomic E-state index is 12.4. The highest BCUT2D eigenvalue weighted by Gasteiger charge is 2.49. The van der Waals surface area contributed by atoms with Crippen LogP contribution in [0, 0.1) is 6.92 Å². The van der Waals surface area contributed by atoms with Crippen molar-refractivity contribution >= 4 is 21.3 Å². The molecule has 2 heterocycles. The summed E-state index contributed by atoms with van der Waals surface area (Å²) in [7, 11) is -3.59. The SMILES string of the molecule is Cc1nc2c(=O)n(C)c(=O)n(C)c2nc1OS(=O)(=O)C(F)(F)F. The van der Waals surface area contributed by atoms with E-state index in [1.165, 1.54) is 14.1 Å². The van der Waals surface area contributed by atoms with Crippen molar-refractivity contribution in [1.82, 2.24) is 19.1 Å². The van der Waals surface area contributed by atoms with Gasteiger partial charge in [-0.1, -0.05) is 0 Å². The number of aromatic nitrogens is 4. The molecule has 0 aromatic carbocycles. The third-order valence-corrected chi connectivity index (χ3v) is 3.82. The number of hydrogen-bond donors (Lipinski definition) is 0. The highest BCUT2D eigenvalue weighted by molar-refractivity contribution is 7.87. The molecule has 0 saturated carbocycles. The van der Waals surface area contributed by atoms with Crippen molar-refractivity contribution in [3.05, 3.63) is 26.5 Å². The molecule has 0 atom stereocenters. The Bertz CT molecular complexity index is 1020. The van der Waals surface area contributed by atoms with Gasteiger partial charge in [0.2, 0.25) is 0 Å². The zero-order valence-electron chi connectivity index (χ0n) is 11.9. The summed E-state index contributed by atoms with van der Waals surface area (Å²) in [5.41, 5.74) is -8.38. The molecule has 0 aliphatic rings. The number of aryl methyl sites for hydroxylation is 2. The van der Waals surface area contributed by atoms with E-state index in [9.17, 15) is 31.2 Å². The number of hydrogen-bond acceptors (Lipinski definition) is 7. The molecule has 0 aliphatic heterocycles. The van der Waals surface area contributed by atoms with Crippen LogP contribution in [0.5, 0.6) is 5.88 Å². The smallest absolute Gasteiger partial charge is 0.353 e. The lowest BCUT2D eigenvalue weighted by atomic mass is 10.4. The van der Waals surface area contributed by atoms with Gasteiger partial charge in [-0.3, -0.25) is 13.9 Å². The Hall–Kier alpha value is -2.44. The van der Waals surface area contributed by atoms with Gasteiger partial charge in [0.15, 0.2) is 11.2 Å². The molecular weight excluding hydrogens is 345 g/mol. The first-order valence-electron chi connectivity index (χ1n) is 5.82. The molecule has 0 bridgehead atoms. The minimum Gasteiger partial charge on any atom is -0.353 e. The van der Waals surface area contributed by atoms with Gasteiger partial charge in [0, 0.05) is 14.1 Å². The lowest BCUT2D eigenvalue weighted by molar-refractivity contribution is -0.0501. The Kier molecular flexibility index (Phi) is 3.71. The number of alkyl halides is 3. The quantitative estimate of drug-likeness (QED) is 0.531. The summed E-state index contributed by atoms with van der Waals surface area (Å²) in [6.45, 7) is 1.11. The number of halogens is 3. The molecule has 0 amide bonds. The molecule has 2 aromatic heterocycles. The number of nitrogens with zero attached hydrogens (tertiary/aromatic N) is 4. The Morgan fingerprint density at radius 3 is 2.17 bits per heavy atom. The van der Waals surface area contributed by atoms with Crippen molar-refractivity contribution in [2.75, 3.05) is 0 Å². The zero-order chi connectivity index (χ0) is 17.7. The lowest BCUT2D eigenvalue weighted by Gasteiger charge is -2.12. The van der Waals surface area contributed by atoms with Crippen molar-refractivity contribution in [3.63, 3.8) is 0 Å². The highest BCUT2D eigenvalue weighted by atomic mass is 32.2. The fourth-order valence-electron chi connectivity index (χ4n) is 1.66. The van der Waals surface area contributed by atoms with Crippen molar-refractivity contribution < 1.29 is 25.8 Å². The van der Waals surface area contributed by atoms with E-state index in [-0.39, 0.29) is 11.2 Å². The first-order valence-corrected chi connectivity index (χ1v) is 7.22. The Balaban J connectivity index is 2.78. The first kappa shape index (κ1) is 16.9. The van der Waals surface area contributed by atoms with Gasteiger partial charge in [0.1, 0.15) is 5.69 Å². The minimum atomic E-state index is -5.96. The molecule has 9 nitrogen and oxygen atoms in total. The summed E-state index contributed by atoms with van der Waals surface area (Å²) in [4.78, 5) is 30.9.